The number of nitrogens with zero attached hydrogens (tertiary/aromatic N) is 2. The van der Waals surface area contributed by atoms with E-state index >= 15 is 0 Å². The van der Waals surface area contributed by atoms with Crippen LogP contribution in [0.1, 0.15) is 65.7 Å². The topological polar surface area (TPSA) is 64.1 Å². The minimum atomic E-state index is -4.55. The molecule has 1 aliphatic rings. The summed E-state index contributed by atoms with van der Waals surface area (Å²) in [5, 5.41) is 3.79. The number of nitrogens with one attached hydrogen (secondary N) is 1. The maximum absolute atomic E-state index is 13.3. The van der Waals surface area contributed by atoms with Crippen LogP contribution < -0.4 is 10.1 Å². The van der Waals surface area contributed by atoms with Gasteiger partial charge in [0.15, 0.2) is 0 Å². The molecule has 1 aliphatic carbocycles. The van der Waals surface area contributed by atoms with Gasteiger partial charge in [-0.1, -0.05) is 37.6 Å². The Morgan fingerprint density at radius 2 is 1.85 bits per heavy atom. The molecular weight excluding hydrogens is 666 g/mol. The molecule has 10 heteroatoms. The maximum atomic E-state index is 13.3. The first-order valence-electron chi connectivity index (χ1n) is 13.3. The van der Waals surface area contributed by atoms with Crippen LogP contribution in [0.2, 0.25) is 5.02 Å². The molecule has 1 N–H and O–H groups in total. The van der Waals surface area contributed by atoms with Crippen molar-refractivity contribution in [3.8, 4) is 17.0 Å². The highest BCUT2D eigenvalue weighted by Gasteiger charge is 2.35. The van der Waals surface area contributed by atoms with Crippen LogP contribution in [0.5, 0.6) is 5.75 Å². The summed E-state index contributed by atoms with van der Waals surface area (Å²) in [6, 6.07) is 14.0. The molecule has 1 unspecified atom stereocenters. The number of aromatic nitrogens is 2. The molecule has 0 bridgehead atoms. The molecule has 0 aliphatic heterocycles. The van der Waals surface area contributed by atoms with E-state index in [1.165, 1.54) is 19.2 Å². The molecule has 1 fully saturated rings. The number of rotatable bonds is 8. The third-order valence-corrected chi connectivity index (χ3v) is 8.47. The zero-order chi connectivity index (χ0) is 29.5. The van der Waals surface area contributed by atoms with Gasteiger partial charge in [-0.05, 0) is 89.2 Å². The van der Waals surface area contributed by atoms with E-state index in [0.717, 1.165) is 45.5 Å². The second kappa shape index (κ2) is 11.8. The number of fused-ring (bicyclic) bond motifs is 1. The van der Waals surface area contributed by atoms with Gasteiger partial charge in [-0.3, -0.25) is 14.8 Å². The van der Waals surface area contributed by atoms with E-state index in [2.05, 4.69) is 46.7 Å². The van der Waals surface area contributed by atoms with Gasteiger partial charge in [-0.2, -0.15) is 13.2 Å². The normalized spacial score (nSPS) is 14.4. The van der Waals surface area contributed by atoms with Gasteiger partial charge in [0.25, 0.3) is 5.91 Å². The standard InChI is InChI=1S/C31H28ClF3IN3O2/c1-16(2)23-13-25(39-29(27(23)32)18-6-8-22(36)9-7-18)24(17-4-5-17)15-38-30(40)20-10-19-11-21(31(33,34)35)14-37-28(19)26(12-20)41-3/h6-14,16-17,24H,4-5,15H2,1-3H3,(H,38,40). The molecule has 0 radical (unpaired) electrons. The van der Waals surface area contributed by atoms with E-state index in [4.69, 9.17) is 21.3 Å². The Balaban J connectivity index is 1.46. The summed E-state index contributed by atoms with van der Waals surface area (Å²) >= 11 is 9.11. The maximum Gasteiger partial charge on any atom is 0.417 e. The summed E-state index contributed by atoms with van der Waals surface area (Å²) in [5.41, 5.74) is 3.05. The van der Waals surface area contributed by atoms with Crippen molar-refractivity contribution in [1.29, 1.82) is 0 Å². The Labute approximate surface area is 255 Å². The van der Waals surface area contributed by atoms with Crippen LogP contribution in [0.4, 0.5) is 13.2 Å². The molecule has 1 atom stereocenters. The molecule has 214 valence electrons. The lowest BCUT2D eigenvalue weighted by atomic mass is 9.93. The number of benzene rings is 2. The van der Waals surface area contributed by atoms with Gasteiger partial charge < -0.3 is 10.1 Å². The average Bonchev–Trinajstić information content (AvgIpc) is 3.78. The summed E-state index contributed by atoms with van der Waals surface area (Å²) in [6.45, 7) is 4.49. The summed E-state index contributed by atoms with van der Waals surface area (Å²) in [7, 11) is 1.39. The second-order valence-electron chi connectivity index (χ2n) is 10.6. The van der Waals surface area contributed by atoms with Crippen LogP contribution in [-0.2, 0) is 6.18 Å². The molecule has 2 aromatic carbocycles. The lowest BCUT2D eigenvalue weighted by molar-refractivity contribution is -0.137. The van der Waals surface area contributed by atoms with Crippen molar-refractivity contribution >= 4 is 51.0 Å². The van der Waals surface area contributed by atoms with Gasteiger partial charge in [-0.25, -0.2) is 0 Å². The number of carbonyl (C=O) groups is 1. The monoisotopic (exact) mass is 693 g/mol. The van der Waals surface area contributed by atoms with E-state index in [-0.39, 0.29) is 34.1 Å². The van der Waals surface area contributed by atoms with Gasteiger partial charge in [0.2, 0.25) is 0 Å². The predicted octanol–water partition coefficient (Wildman–Crippen LogP) is 8.63. The molecule has 2 aromatic heterocycles. The van der Waals surface area contributed by atoms with Crippen LogP contribution >= 0.6 is 34.2 Å². The lowest BCUT2D eigenvalue weighted by Crippen LogP contribution is -2.30. The molecule has 5 rings (SSSR count). The van der Waals surface area contributed by atoms with Gasteiger partial charge >= 0.3 is 6.18 Å². The number of ether oxygens (including phenoxy) is 1. The third-order valence-electron chi connectivity index (χ3n) is 7.36. The fourth-order valence-corrected chi connectivity index (χ4v) is 5.74. The van der Waals surface area contributed by atoms with Crippen molar-refractivity contribution in [1.82, 2.24) is 15.3 Å². The van der Waals surface area contributed by atoms with Gasteiger partial charge in [0.1, 0.15) is 11.3 Å². The smallest absolute Gasteiger partial charge is 0.417 e. The number of pyridine rings is 2. The Morgan fingerprint density at radius 1 is 1.15 bits per heavy atom. The number of halogens is 5. The summed E-state index contributed by atoms with van der Waals surface area (Å²) in [6.07, 6.45) is -1.74. The summed E-state index contributed by atoms with van der Waals surface area (Å²) in [5.74, 6) is 0.296. The minimum absolute atomic E-state index is 0.0443. The van der Waals surface area contributed by atoms with Gasteiger partial charge in [0.05, 0.1) is 23.4 Å². The number of methoxy groups -OCH3 is 1. The highest BCUT2D eigenvalue weighted by Crippen LogP contribution is 2.44. The van der Waals surface area contributed by atoms with Crippen LogP contribution in [0, 0.1) is 9.49 Å². The molecule has 41 heavy (non-hydrogen) atoms. The fraction of sp³-hybridized carbons (Fsp3) is 0.323. The van der Waals surface area contributed by atoms with E-state index in [0.29, 0.717) is 23.2 Å². The fourth-order valence-electron chi connectivity index (χ4n) is 4.95. The van der Waals surface area contributed by atoms with Gasteiger partial charge in [0, 0.05) is 44.4 Å². The molecule has 0 saturated heterocycles. The molecule has 2 heterocycles. The van der Waals surface area contributed by atoms with Gasteiger partial charge in [-0.15, -0.1) is 0 Å². The van der Waals surface area contributed by atoms with Crippen molar-refractivity contribution in [2.24, 2.45) is 5.92 Å². The predicted molar refractivity (Wildman–Crippen MR) is 163 cm³/mol. The van der Waals surface area contributed by atoms with E-state index < -0.39 is 17.6 Å². The van der Waals surface area contributed by atoms with Crippen molar-refractivity contribution in [3.63, 3.8) is 0 Å². The van der Waals surface area contributed by atoms with Crippen molar-refractivity contribution < 1.29 is 22.7 Å². The van der Waals surface area contributed by atoms with Crippen molar-refractivity contribution in [2.45, 2.75) is 44.7 Å². The van der Waals surface area contributed by atoms with Crippen LogP contribution in [-0.4, -0.2) is 29.5 Å². The van der Waals surface area contributed by atoms with E-state index in [1.54, 1.807) is 0 Å². The SMILES string of the molecule is COc1cc(C(=O)NCC(c2cc(C(C)C)c(Cl)c(-c3ccc(I)cc3)n2)C2CC2)cc2cc(C(F)(F)F)cnc12. The molecule has 1 saturated carbocycles. The Hall–Kier alpha value is -2.92. The third kappa shape index (κ3) is 6.45. The highest BCUT2D eigenvalue weighted by atomic mass is 127. The van der Waals surface area contributed by atoms with Crippen LogP contribution in [0.3, 0.4) is 0 Å². The first-order chi connectivity index (χ1) is 19.5. The zero-order valence-electron chi connectivity index (χ0n) is 22.7. The quantitative estimate of drug-likeness (QED) is 0.188. The first kappa shape index (κ1) is 29.6. The minimum Gasteiger partial charge on any atom is -0.494 e. The van der Waals surface area contributed by atoms with Crippen LogP contribution in [0.15, 0.2) is 54.7 Å². The van der Waals surface area contributed by atoms with Crippen molar-refractivity contribution in [2.75, 3.05) is 13.7 Å². The number of hydrogen-bond donors (Lipinski definition) is 1. The molecule has 0 spiro atoms. The number of amides is 1. The number of carbonyl (C=O) groups excluding carboxylic acids is 1. The first-order valence-corrected chi connectivity index (χ1v) is 14.7. The van der Waals surface area contributed by atoms with Crippen LogP contribution in [0.25, 0.3) is 22.2 Å². The van der Waals surface area contributed by atoms with E-state index in [9.17, 15) is 18.0 Å². The molecule has 4 aromatic rings. The van der Waals surface area contributed by atoms with Crippen molar-refractivity contribution in [3.05, 3.63) is 85.7 Å². The Kier molecular flexibility index (Phi) is 8.48. The highest BCUT2D eigenvalue weighted by molar-refractivity contribution is 14.1. The second-order valence-corrected chi connectivity index (χ2v) is 12.2. The summed E-state index contributed by atoms with van der Waals surface area (Å²) in [4.78, 5) is 22.3. The average molecular weight is 694 g/mol. The van der Waals surface area contributed by atoms with E-state index in [1.807, 2.05) is 30.3 Å². The number of alkyl halides is 3. The molecule has 1 amide bonds. The zero-order valence-corrected chi connectivity index (χ0v) is 25.6. The lowest BCUT2D eigenvalue weighted by Gasteiger charge is -2.21. The Morgan fingerprint density at radius 3 is 2.46 bits per heavy atom. The molecule has 5 nitrogen and oxygen atoms in total. The summed E-state index contributed by atoms with van der Waals surface area (Å²) < 4.78 is 46.4. The number of hydrogen-bond acceptors (Lipinski definition) is 4. The molecular formula is C31H28ClF3IN3O2. The Bertz CT molecular complexity index is 1610. The largest absolute Gasteiger partial charge is 0.494 e.